The molecular weight excluding hydrogens is 328 g/mol. The summed E-state index contributed by atoms with van der Waals surface area (Å²) in [6, 6.07) is 9.93. The normalized spacial score (nSPS) is 17.8. The van der Waals surface area contributed by atoms with Crippen molar-refractivity contribution in [3.8, 4) is 0 Å². The van der Waals surface area contributed by atoms with Gasteiger partial charge in [0, 0.05) is 0 Å². The van der Waals surface area contributed by atoms with E-state index in [-0.39, 0.29) is 11.5 Å². The third kappa shape index (κ3) is 3.64. The molecule has 0 spiro atoms. The predicted octanol–water partition coefficient (Wildman–Crippen LogP) is 3.43. The number of rotatable bonds is 4. The van der Waals surface area contributed by atoms with Crippen molar-refractivity contribution < 1.29 is 19.1 Å². The lowest BCUT2D eigenvalue weighted by Gasteiger charge is -2.00. The number of para-hydroxylation sites is 1. The first-order chi connectivity index (χ1) is 11.6. The highest BCUT2D eigenvalue weighted by Gasteiger charge is 2.23. The molecule has 1 saturated heterocycles. The van der Waals surface area contributed by atoms with Crippen LogP contribution in [0.1, 0.15) is 16.1 Å². The second kappa shape index (κ2) is 7.01. The fraction of sp³-hybridized carbons (Fsp3) is 0. The van der Waals surface area contributed by atoms with E-state index >= 15 is 0 Å². The highest BCUT2D eigenvalue weighted by molar-refractivity contribution is 8.18. The predicted molar refractivity (Wildman–Crippen MR) is 92.1 cm³/mol. The molecule has 0 saturated carbocycles. The summed E-state index contributed by atoms with van der Waals surface area (Å²) < 4.78 is 5.16. The van der Waals surface area contributed by atoms with Crippen LogP contribution in [0.15, 0.2) is 69.1 Å². The van der Waals surface area contributed by atoms with Crippen LogP contribution in [0.5, 0.6) is 0 Å². The average molecular weight is 340 g/mol. The Hall–Kier alpha value is -3.06. The fourth-order valence-corrected chi connectivity index (χ4v) is 2.76. The molecule has 2 heterocycles. The maximum Gasteiger partial charge on any atom is 0.337 e. The maximum absolute atomic E-state index is 11.9. The van der Waals surface area contributed by atoms with Crippen LogP contribution in [0.3, 0.4) is 0 Å². The van der Waals surface area contributed by atoms with Crippen molar-refractivity contribution in [2.45, 2.75) is 0 Å². The summed E-state index contributed by atoms with van der Waals surface area (Å²) in [5.41, 5.74) is 0.371. The standard InChI is InChI=1S/C17H12N2O4S/c20-15-14(9-3-5-11-6-4-10-23-11)24-17(19-15)18-13-8-2-1-7-12(13)16(21)22/h1-10H,(H,21,22)(H,18,19,20). The number of carboxylic acid groups (broad SMARTS) is 1. The average Bonchev–Trinajstić information content (AvgIpc) is 3.18. The number of amides is 1. The topological polar surface area (TPSA) is 91.9 Å². The SMILES string of the molecule is O=C1NC(=Nc2ccccc2C(=O)O)SC1=CC=Cc1ccco1. The molecule has 0 bridgehead atoms. The molecule has 1 aromatic heterocycles. The fourth-order valence-electron chi connectivity index (χ4n) is 1.97. The molecule has 1 aliphatic rings. The van der Waals surface area contributed by atoms with Gasteiger partial charge in [0.05, 0.1) is 22.4 Å². The lowest BCUT2D eigenvalue weighted by molar-refractivity contribution is -0.115. The summed E-state index contributed by atoms with van der Waals surface area (Å²) in [7, 11) is 0. The van der Waals surface area contributed by atoms with Crippen LogP contribution in [0.25, 0.3) is 6.08 Å². The first-order valence-corrected chi connectivity index (χ1v) is 7.77. The number of aromatic carboxylic acids is 1. The van der Waals surface area contributed by atoms with Gasteiger partial charge in [0.2, 0.25) is 0 Å². The van der Waals surface area contributed by atoms with E-state index in [1.165, 1.54) is 6.07 Å². The Kier molecular flexibility index (Phi) is 4.62. The molecule has 0 unspecified atom stereocenters. The van der Waals surface area contributed by atoms with E-state index in [0.29, 0.717) is 21.5 Å². The molecule has 0 aliphatic carbocycles. The van der Waals surface area contributed by atoms with E-state index in [1.807, 2.05) is 0 Å². The van der Waals surface area contributed by atoms with Gasteiger partial charge in [-0.1, -0.05) is 18.2 Å². The zero-order chi connectivity index (χ0) is 16.9. The highest BCUT2D eigenvalue weighted by Crippen LogP contribution is 2.27. The molecular formula is C17H12N2O4S. The molecule has 24 heavy (non-hydrogen) atoms. The summed E-state index contributed by atoms with van der Waals surface area (Å²) in [6.07, 6.45) is 6.65. The third-order valence-electron chi connectivity index (χ3n) is 3.06. The van der Waals surface area contributed by atoms with E-state index in [9.17, 15) is 9.59 Å². The van der Waals surface area contributed by atoms with Crippen LogP contribution in [0.2, 0.25) is 0 Å². The zero-order valence-corrected chi connectivity index (χ0v) is 13.1. The lowest BCUT2D eigenvalue weighted by atomic mass is 10.2. The van der Waals surface area contributed by atoms with Gasteiger partial charge in [0.1, 0.15) is 5.76 Å². The summed E-state index contributed by atoms with van der Waals surface area (Å²) in [4.78, 5) is 27.8. The molecule has 1 aromatic carbocycles. The smallest absolute Gasteiger partial charge is 0.337 e. The number of thioether (sulfide) groups is 1. The molecule has 0 atom stereocenters. The third-order valence-corrected chi connectivity index (χ3v) is 3.99. The van der Waals surface area contributed by atoms with Gasteiger partial charge in [0.25, 0.3) is 5.91 Å². The summed E-state index contributed by atoms with van der Waals surface area (Å²) in [5, 5.41) is 12.1. The number of nitrogens with zero attached hydrogens (tertiary/aromatic N) is 1. The van der Waals surface area contributed by atoms with E-state index in [4.69, 9.17) is 9.52 Å². The van der Waals surface area contributed by atoms with Gasteiger partial charge in [-0.2, -0.15) is 0 Å². The van der Waals surface area contributed by atoms with E-state index in [0.717, 1.165) is 11.8 Å². The van der Waals surface area contributed by atoms with Crippen LogP contribution in [0.4, 0.5) is 5.69 Å². The number of nitrogens with one attached hydrogen (secondary N) is 1. The molecule has 2 N–H and O–H groups in total. The second-order valence-electron chi connectivity index (χ2n) is 4.70. The summed E-state index contributed by atoms with van der Waals surface area (Å²) in [5.74, 6) is -0.670. The Morgan fingerprint density at radius 2 is 2.08 bits per heavy atom. The Balaban J connectivity index is 1.78. The molecule has 1 aliphatic heterocycles. The van der Waals surface area contributed by atoms with Gasteiger partial charge in [0.15, 0.2) is 5.17 Å². The van der Waals surface area contributed by atoms with Gasteiger partial charge in [-0.15, -0.1) is 0 Å². The van der Waals surface area contributed by atoms with Crippen molar-refractivity contribution in [3.63, 3.8) is 0 Å². The first-order valence-electron chi connectivity index (χ1n) is 6.95. The van der Waals surface area contributed by atoms with E-state index < -0.39 is 5.97 Å². The van der Waals surface area contributed by atoms with Crippen LogP contribution < -0.4 is 5.32 Å². The number of carbonyl (C=O) groups is 2. The minimum atomic E-state index is -1.07. The monoisotopic (exact) mass is 340 g/mol. The van der Waals surface area contributed by atoms with Crippen molar-refractivity contribution in [2.24, 2.45) is 4.99 Å². The summed E-state index contributed by atoms with van der Waals surface area (Å²) in [6.45, 7) is 0. The Morgan fingerprint density at radius 3 is 2.83 bits per heavy atom. The van der Waals surface area contributed by atoms with Crippen molar-refractivity contribution in [1.82, 2.24) is 5.32 Å². The van der Waals surface area contributed by atoms with Gasteiger partial charge in [-0.25, -0.2) is 9.79 Å². The zero-order valence-electron chi connectivity index (χ0n) is 12.3. The van der Waals surface area contributed by atoms with Crippen LogP contribution >= 0.6 is 11.8 Å². The molecule has 2 aromatic rings. The number of carbonyl (C=O) groups excluding carboxylic acids is 1. The molecule has 1 amide bonds. The Morgan fingerprint density at radius 1 is 1.25 bits per heavy atom. The minimum Gasteiger partial charge on any atom is -0.478 e. The van der Waals surface area contributed by atoms with Crippen molar-refractivity contribution >= 4 is 40.6 Å². The number of hydrogen-bond acceptors (Lipinski definition) is 5. The minimum absolute atomic E-state index is 0.0787. The maximum atomic E-state index is 11.9. The van der Waals surface area contributed by atoms with Crippen LogP contribution in [0, 0.1) is 0 Å². The largest absolute Gasteiger partial charge is 0.478 e. The number of benzene rings is 1. The van der Waals surface area contributed by atoms with Crippen LogP contribution in [-0.4, -0.2) is 22.2 Å². The number of allylic oxidation sites excluding steroid dienone is 2. The quantitative estimate of drug-likeness (QED) is 0.832. The van der Waals surface area contributed by atoms with Crippen LogP contribution in [-0.2, 0) is 4.79 Å². The summed E-state index contributed by atoms with van der Waals surface area (Å²) >= 11 is 1.15. The Bertz CT molecular complexity index is 866. The number of furan rings is 1. The van der Waals surface area contributed by atoms with Gasteiger partial charge < -0.3 is 14.8 Å². The molecule has 6 nitrogen and oxygen atoms in total. The van der Waals surface area contributed by atoms with E-state index in [1.54, 1.807) is 54.8 Å². The number of amidine groups is 1. The lowest BCUT2D eigenvalue weighted by Crippen LogP contribution is -2.19. The van der Waals surface area contributed by atoms with Gasteiger partial charge in [-0.05, 0) is 48.2 Å². The van der Waals surface area contributed by atoms with E-state index in [2.05, 4.69) is 10.3 Å². The number of carboxylic acids is 1. The van der Waals surface area contributed by atoms with Crippen molar-refractivity contribution in [1.29, 1.82) is 0 Å². The highest BCUT2D eigenvalue weighted by atomic mass is 32.2. The van der Waals surface area contributed by atoms with Crippen molar-refractivity contribution in [2.75, 3.05) is 0 Å². The molecule has 3 rings (SSSR count). The number of aliphatic imine (C=N–C) groups is 1. The Labute approximate surface area is 141 Å². The second-order valence-corrected chi connectivity index (χ2v) is 5.73. The van der Waals surface area contributed by atoms with Gasteiger partial charge >= 0.3 is 5.97 Å². The molecule has 7 heteroatoms. The molecule has 120 valence electrons. The van der Waals surface area contributed by atoms with Gasteiger partial charge in [-0.3, -0.25) is 4.79 Å². The van der Waals surface area contributed by atoms with Crippen molar-refractivity contribution in [3.05, 3.63) is 71.0 Å². The molecule has 1 fully saturated rings. The molecule has 0 radical (unpaired) electrons. The first kappa shape index (κ1) is 15.8. The number of hydrogen-bond donors (Lipinski definition) is 2.